The Hall–Kier alpha value is -1.61. The highest BCUT2D eigenvalue weighted by molar-refractivity contribution is 6.30. The molecule has 1 aromatic heterocycles. The van der Waals surface area contributed by atoms with Crippen LogP contribution in [0.4, 0.5) is 5.95 Å². The van der Waals surface area contributed by atoms with Crippen molar-refractivity contribution in [1.29, 1.82) is 0 Å². The molecule has 0 aliphatic heterocycles. The minimum absolute atomic E-state index is 0.207. The first-order valence-electron chi connectivity index (χ1n) is 6.47. The number of nitrogens with one attached hydrogen (secondary N) is 1. The molecule has 0 bridgehead atoms. The minimum Gasteiger partial charge on any atom is -0.353 e. The summed E-state index contributed by atoms with van der Waals surface area (Å²) in [7, 11) is 0. The van der Waals surface area contributed by atoms with Crippen LogP contribution in [0.3, 0.4) is 0 Å². The predicted molar refractivity (Wildman–Crippen MR) is 77.6 cm³/mol. The Kier molecular flexibility index (Phi) is 3.15. The lowest BCUT2D eigenvalue weighted by Gasteiger charge is -2.16. The first-order valence-corrected chi connectivity index (χ1v) is 6.84. The van der Waals surface area contributed by atoms with E-state index in [-0.39, 0.29) is 5.41 Å². The lowest BCUT2D eigenvalue weighted by atomic mass is 9.96. The van der Waals surface area contributed by atoms with Crippen LogP contribution in [0.2, 0.25) is 5.02 Å². The molecule has 1 heterocycles. The predicted octanol–water partition coefficient (Wildman–Crippen LogP) is 3.58. The number of aryl methyl sites for hydroxylation is 1. The summed E-state index contributed by atoms with van der Waals surface area (Å²) in [5.74, 6) is 0.693. The highest BCUT2D eigenvalue weighted by atomic mass is 35.5. The maximum atomic E-state index is 6.07. The van der Waals surface area contributed by atoms with Gasteiger partial charge in [-0.3, -0.25) is 0 Å². The highest BCUT2D eigenvalue weighted by Gasteiger charge is 2.44. The number of hydrogen-bond donors (Lipinski definition) is 1. The quantitative estimate of drug-likeness (QED) is 0.925. The average molecular weight is 274 g/mol. The van der Waals surface area contributed by atoms with Gasteiger partial charge in [-0.2, -0.15) is 0 Å². The van der Waals surface area contributed by atoms with E-state index in [0.717, 1.165) is 17.1 Å². The van der Waals surface area contributed by atoms with Gasteiger partial charge in [0.2, 0.25) is 5.95 Å². The Morgan fingerprint density at radius 1 is 1.26 bits per heavy atom. The van der Waals surface area contributed by atoms with E-state index < -0.39 is 0 Å². The second-order valence-electron chi connectivity index (χ2n) is 5.23. The van der Waals surface area contributed by atoms with Crippen LogP contribution in [0.1, 0.15) is 24.0 Å². The largest absolute Gasteiger partial charge is 0.353 e. The number of aromatic nitrogens is 2. The average Bonchev–Trinajstić information content (AvgIpc) is 3.19. The lowest BCUT2D eigenvalue weighted by molar-refractivity contribution is 0.727. The molecule has 1 fully saturated rings. The lowest BCUT2D eigenvalue weighted by Crippen LogP contribution is -2.20. The molecular formula is C15H16ClN3. The molecule has 2 aromatic rings. The summed E-state index contributed by atoms with van der Waals surface area (Å²) < 4.78 is 0. The summed E-state index contributed by atoms with van der Waals surface area (Å²) in [6, 6.07) is 8.14. The van der Waals surface area contributed by atoms with Gasteiger partial charge >= 0.3 is 0 Å². The molecule has 0 spiro atoms. The van der Waals surface area contributed by atoms with Crippen LogP contribution in [-0.2, 0) is 5.41 Å². The molecule has 0 radical (unpaired) electrons. The summed E-state index contributed by atoms with van der Waals surface area (Å²) in [5.41, 5.74) is 2.58. The zero-order chi connectivity index (χ0) is 13.3. The van der Waals surface area contributed by atoms with Crippen LogP contribution in [0, 0.1) is 6.92 Å². The second-order valence-corrected chi connectivity index (χ2v) is 5.66. The first kappa shape index (κ1) is 12.4. The van der Waals surface area contributed by atoms with Gasteiger partial charge in [-0.15, -0.1) is 0 Å². The molecule has 0 amide bonds. The molecule has 19 heavy (non-hydrogen) atoms. The van der Waals surface area contributed by atoms with Crippen LogP contribution < -0.4 is 5.32 Å². The van der Waals surface area contributed by atoms with Gasteiger partial charge in [0.15, 0.2) is 0 Å². The van der Waals surface area contributed by atoms with Gasteiger partial charge in [0.1, 0.15) is 0 Å². The number of hydrogen-bond acceptors (Lipinski definition) is 3. The summed E-state index contributed by atoms with van der Waals surface area (Å²) in [6.45, 7) is 2.84. The molecule has 1 aromatic carbocycles. The van der Waals surface area contributed by atoms with Crippen LogP contribution in [0.15, 0.2) is 36.7 Å². The van der Waals surface area contributed by atoms with E-state index in [1.165, 1.54) is 18.4 Å². The van der Waals surface area contributed by atoms with Gasteiger partial charge in [-0.25, -0.2) is 9.97 Å². The van der Waals surface area contributed by atoms with E-state index in [1.807, 2.05) is 31.5 Å². The Balaban J connectivity index is 1.71. The van der Waals surface area contributed by atoms with Crippen LogP contribution >= 0.6 is 11.6 Å². The van der Waals surface area contributed by atoms with E-state index in [4.69, 9.17) is 11.6 Å². The molecular weight excluding hydrogens is 258 g/mol. The van der Waals surface area contributed by atoms with Crippen molar-refractivity contribution in [3.05, 3.63) is 52.8 Å². The van der Waals surface area contributed by atoms with E-state index >= 15 is 0 Å². The van der Waals surface area contributed by atoms with E-state index in [9.17, 15) is 0 Å². The van der Waals surface area contributed by atoms with Crippen LogP contribution in [-0.4, -0.2) is 16.5 Å². The van der Waals surface area contributed by atoms with Crippen molar-refractivity contribution >= 4 is 17.5 Å². The molecule has 1 saturated carbocycles. The van der Waals surface area contributed by atoms with Gasteiger partial charge in [0.25, 0.3) is 0 Å². The van der Waals surface area contributed by atoms with Gasteiger partial charge in [-0.1, -0.05) is 23.7 Å². The Morgan fingerprint density at radius 2 is 2.00 bits per heavy atom. The maximum Gasteiger partial charge on any atom is 0.222 e. The van der Waals surface area contributed by atoms with Crippen molar-refractivity contribution in [1.82, 2.24) is 9.97 Å². The molecule has 98 valence electrons. The summed E-state index contributed by atoms with van der Waals surface area (Å²) in [6.07, 6.45) is 6.03. The van der Waals surface area contributed by atoms with Crippen molar-refractivity contribution in [2.45, 2.75) is 25.2 Å². The number of rotatable bonds is 4. The third kappa shape index (κ3) is 2.71. The van der Waals surface area contributed by atoms with Crippen molar-refractivity contribution in [2.24, 2.45) is 0 Å². The van der Waals surface area contributed by atoms with Crippen LogP contribution in [0.25, 0.3) is 0 Å². The fourth-order valence-electron chi connectivity index (χ4n) is 2.27. The van der Waals surface area contributed by atoms with Crippen molar-refractivity contribution < 1.29 is 0 Å². The highest BCUT2D eigenvalue weighted by Crippen LogP contribution is 2.48. The molecule has 1 aliphatic rings. The fraction of sp³-hybridized carbons (Fsp3) is 0.333. The molecule has 1 N–H and O–H groups in total. The third-order valence-corrected chi connectivity index (χ3v) is 3.89. The first-order chi connectivity index (χ1) is 9.18. The van der Waals surface area contributed by atoms with Gasteiger partial charge in [0, 0.05) is 29.4 Å². The van der Waals surface area contributed by atoms with Crippen molar-refractivity contribution in [2.75, 3.05) is 11.9 Å². The number of benzene rings is 1. The van der Waals surface area contributed by atoms with E-state index in [0.29, 0.717) is 5.95 Å². The maximum absolute atomic E-state index is 6.07. The second kappa shape index (κ2) is 4.82. The zero-order valence-corrected chi connectivity index (χ0v) is 11.6. The molecule has 3 rings (SSSR count). The normalized spacial score (nSPS) is 16.1. The zero-order valence-electron chi connectivity index (χ0n) is 10.9. The standard InChI is InChI=1S/C15H16ClN3/c1-11-8-17-14(18-9-11)19-10-15(5-6-15)12-3-2-4-13(16)7-12/h2-4,7-9H,5-6,10H2,1H3,(H,17,18,19). The van der Waals surface area contributed by atoms with Gasteiger partial charge in [0.05, 0.1) is 0 Å². The Morgan fingerprint density at radius 3 is 2.63 bits per heavy atom. The topological polar surface area (TPSA) is 37.8 Å². The summed E-state index contributed by atoms with van der Waals surface area (Å²) in [4.78, 5) is 8.54. The molecule has 0 atom stereocenters. The van der Waals surface area contributed by atoms with Crippen molar-refractivity contribution in [3.8, 4) is 0 Å². The molecule has 4 heteroatoms. The van der Waals surface area contributed by atoms with Crippen molar-refractivity contribution in [3.63, 3.8) is 0 Å². The van der Waals surface area contributed by atoms with Gasteiger partial charge < -0.3 is 5.32 Å². The summed E-state index contributed by atoms with van der Waals surface area (Å²) in [5, 5.41) is 4.13. The Labute approximate surface area is 118 Å². The molecule has 1 aliphatic carbocycles. The minimum atomic E-state index is 0.207. The molecule has 0 saturated heterocycles. The number of anilines is 1. The fourth-order valence-corrected chi connectivity index (χ4v) is 2.46. The SMILES string of the molecule is Cc1cnc(NCC2(c3cccc(Cl)c3)CC2)nc1. The smallest absolute Gasteiger partial charge is 0.222 e. The van der Waals surface area contributed by atoms with E-state index in [2.05, 4.69) is 27.4 Å². The third-order valence-electron chi connectivity index (χ3n) is 3.66. The number of nitrogens with zero attached hydrogens (tertiary/aromatic N) is 2. The molecule has 0 unspecified atom stereocenters. The summed E-state index contributed by atoms with van der Waals surface area (Å²) >= 11 is 6.07. The monoisotopic (exact) mass is 273 g/mol. The number of halogens is 1. The van der Waals surface area contributed by atoms with E-state index in [1.54, 1.807) is 0 Å². The Bertz CT molecular complexity index is 576. The molecule has 3 nitrogen and oxygen atoms in total. The van der Waals surface area contributed by atoms with Crippen LogP contribution in [0.5, 0.6) is 0 Å². The van der Waals surface area contributed by atoms with Gasteiger partial charge in [-0.05, 0) is 43.0 Å².